The van der Waals surface area contributed by atoms with E-state index in [4.69, 9.17) is 16.3 Å². The van der Waals surface area contributed by atoms with E-state index in [9.17, 15) is 10.1 Å². The Balaban J connectivity index is 2.43. The van der Waals surface area contributed by atoms with Gasteiger partial charge in [-0.25, -0.2) is 4.98 Å². The predicted octanol–water partition coefficient (Wildman–Crippen LogP) is 3.40. The highest BCUT2D eigenvalue weighted by Gasteiger charge is 2.19. The van der Waals surface area contributed by atoms with Crippen LogP contribution in [0, 0.1) is 17.2 Å². The molecule has 2 rings (SSSR count). The van der Waals surface area contributed by atoms with E-state index in [1.807, 2.05) is 11.8 Å². The van der Waals surface area contributed by atoms with Crippen molar-refractivity contribution in [1.82, 2.24) is 4.98 Å². The predicted molar refractivity (Wildman–Crippen MR) is 90.5 cm³/mol. The van der Waals surface area contributed by atoms with Crippen molar-refractivity contribution >= 4 is 34.3 Å². The minimum absolute atomic E-state index is 0.267. The van der Waals surface area contributed by atoms with Crippen LogP contribution in [0.25, 0.3) is 10.9 Å². The normalized spacial score (nSPS) is 11.8. The summed E-state index contributed by atoms with van der Waals surface area (Å²) in [5, 5.41) is 10.7. The average Bonchev–Trinajstić information content (AvgIpc) is 2.57. The van der Waals surface area contributed by atoms with Gasteiger partial charge in [-0.2, -0.15) is 5.26 Å². The minimum atomic E-state index is -0.284. The molecule has 0 aliphatic rings. The number of aromatic nitrogens is 1. The second-order valence-corrected chi connectivity index (χ2v) is 5.70. The zero-order valence-electron chi connectivity index (χ0n) is 13.3. The van der Waals surface area contributed by atoms with Gasteiger partial charge in [0.15, 0.2) is 0 Å². The fourth-order valence-electron chi connectivity index (χ4n) is 2.43. The van der Waals surface area contributed by atoms with Gasteiger partial charge in [-0.15, -0.1) is 0 Å². The second-order valence-electron chi connectivity index (χ2n) is 5.26. The Morgan fingerprint density at radius 1 is 1.48 bits per heavy atom. The molecule has 0 aliphatic heterocycles. The summed E-state index contributed by atoms with van der Waals surface area (Å²) in [6.07, 6.45) is 0. The summed E-state index contributed by atoms with van der Waals surface area (Å²) >= 11 is 6.00. The Morgan fingerprint density at radius 3 is 2.83 bits per heavy atom. The standard InChI is InChI=1S/C17H18ClN3O2/c1-4-21(10-11(2)17(22)23-3)16-7-12(9-19)14-8-13(18)5-6-15(14)20-16/h5-8,11H,4,10H2,1-3H3. The highest BCUT2D eigenvalue weighted by Crippen LogP contribution is 2.25. The van der Waals surface area contributed by atoms with Crippen LogP contribution < -0.4 is 4.90 Å². The number of rotatable bonds is 5. The van der Waals surface area contributed by atoms with Gasteiger partial charge in [0, 0.05) is 23.5 Å². The third-order valence-corrected chi connectivity index (χ3v) is 3.92. The fraction of sp³-hybridized carbons (Fsp3) is 0.353. The van der Waals surface area contributed by atoms with Gasteiger partial charge < -0.3 is 9.64 Å². The van der Waals surface area contributed by atoms with Crippen LogP contribution in [-0.4, -0.2) is 31.2 Å². The highest BCUT2D eigenvalue weighted by molar-refractivity contribution is 6.31. The van der Waals surface area contributed by atoms with E-state index in [0.29, 0.717) is 35.0 Å². The topological polar surface area (TPSA) is 66.2 Å². The molecule has 0 radical (unpaired) electrons. The summed E-state index contributed by atoms with van der Waals surface area (Å²) in [4.78, 5) is 18.2. The Morgan fingerprint density at radius 2 is 2.22 bits per heavy atom. The summed E-state index contributed by atoms with van der Waals surface area (Å²) in [6, 6.07) is 9.19. The van der Waals surface area contributed by atoms with Crippen LogP contribution in [0.2, 0.25) is 5.02 Å². The van der Waals surface area contributed by atoms with Crippen molar-refractivity contribution in [2.24, 2.45) is 5.92 Å². The largest absolute Gasteiger partial charge is 0.469 e. The molecule has 0 fully saturated rings. The molecule has 120 valence electrons. The number of hydrogen-bond donors (Lipinski definition) is 0. The van der Waals surface area contributed by atoms with Gasteiger partial charge in [0.05, 0.1) is 30.2 Å². The molecule has 1 heterocycles. The minimum Gasteiger partial charge on any atom is -0.469 e. The van der Waals surface area contributed by atoms with Crippen molar-refractivity contribution in [3.63, 3.8) is 0 Å². The van der Waals surface area contributed by atoms with Crippen LogP contribution in [0.3, 0.4) is 0 Å². The Labute approximate surface area is 140 Å². The van der Waals surface area contributed by atoms with E-state index in [0.717, 1.165) is 5.39 Å². The van der Waals surface area contributed by atoms with Crippen molar-refractivity contribution in [2.45, 2.75) is 13.8 Å². The monoisotopic (exact) mass is 331 g/mol. The first kappa shape index (κ1) is 17.0. The zero-order valence-corrected chi connectivity index (χ0v) is 14.1. The lowest BCUT2D eigenvalue weighted by Gasteiger charge is -2.25. The maximum Gasteiger partial charge on any atom is 0.310 e. The number of halogens is 1. The van der Waals surface area contributed by atoms with E-state index in [1.165, 1.54) is 7.11 Å². The molecule has 2 aromatic rings. The fourth-order valence-corrected chi connectivity index (χ4v) is 2.60. The molecule has 6 heteroatoms. The Hall–Kier alpha value is -2.32. The SMILES string of the molecule is CCN(CC(C)C(=O)OC)c1cc(C#N)c2cc(Cl)ccc2n1. The van der Waals surface area contributed by atoms with E-state index in [1.54, 1.807) is 31.2 Å². The molecule has 0 spiro atoms. The zero-order chi connectivity index (χ0) is 17.0. The van der Waals surface area contributed by atoms with Crippen molar-refractivity contribution in [1.29, 1.82) is 5.26 Å². The number of carbonyl (C=O) groups is 1. The lowest BCUT2D eigenvalue weighted by atomic mass is 10.1. The van der Waals surface area contributed by atoms with Gasteiger partial charge in [0.2, 0.25) is 0 Å². The van der Waals surface area contributed by atoms with Gasteiger partial charge in [-0.1, -0.05) is 18.5 Å². The van der Waals surface area contributed by atoms with Crippen LogP contribution in [0.1, 0.15) is 19.4 Å². The first-order valence-electron chi connectivity index (χ1n) is 7.33. The molecule has 1 aromatic carbocycles. The van der Waals surface area contributed by atoms with Crippen LogP contribution in [0.15, 0.2) is 24.3 Å². The molecule has 0 bridgehead atoms. The van der Waals surface area contributed by atoms with Gasteiger partial charge in [0.25, 0.3) is 0 Å². The number of nitrogens with zero attached hydrogens (tertiary/aromatic N) is 3. The van der Waals surface area contributed by atoms with Gasteiger partial charge in [-0.05, 0) is 31.2 Å². The molecule has 5 nitrogen and oxygen atoms in total. The number of carbonyl (C=O) groups excluding carboxylic acids is 1. The molecule has 1 unspecified atom stereocenters. The van der Waals surface area contributed by atoms with E-state index in [2.05, 4.69) is 11.1 Å². The van der Waals surface area contributed by atoms with E-state index < -0.39 is 0 Å². The van der Waals surface area contributed by atoms with Crippen LogP contribution >= 0.6 is 11.6 Å². The summed E-state index contributed by atoms with van der Waals surface area (Å²) in [5.41, 5.74) is 1.21. The number of methoxy groups -OCH3 is 1. The molecule has 0 amide bonds. The number of anilines is 1. The third-order valence-electron chi connectivity index (χ3n) is 3.68. The summed E-state index contributed by atoms with van der Waals surface area (Å²) in [5.74, 6) is 0.111. The molecule has 0 aliphatic carbocycles. The molecule has 0 saturated heterocycles. The number of benzene rings is 1. The number of esters is 1. The average molecular weight is 332 g/mol. The maximum absolute atomic E-state index is 11.6. The highest BCUT2D eigenvalue weighted by atomic mass is 35.5. The summed E-state index contributed by atoms with van der Waals surface area (Å²) in [7, 11) is 1.38. The Kier molecular flexibility index (Phi) is 5.41. The number of ether oxygens (including phenoxy) is 1. The van der Waals surface area contributed by atoms with Gasteiger partial charge in [0.1, 0.15) is 5.82 Å². The quantitative estimate of drug-likeness (QED) is 0.786. The summed E-state index contributed by atoms with van der Waals surface area (Å²) < 4.78 is 4.77. The third kappa shape index (κ3) is 3.72. The number of pyridine rings is 1. The number of fused-ring (bicyclic) bond motifs is 1. The number of nitriles is 1. The first-order valence-corrected chi connectivity index (χ1v) is 7.71. The molecular weight excluding hydrogens is 314 g/mol. The molecule has 0 N–H and O–H groups in total. The maximum atomic E-state index is 11.6. The van der Waals surface area contributed by atoms with Crippen LogP contribution in [0.4, 0.5) is 5.82 Å². The lowest BCUT2D eigenvalue weighted by molar-refractivity contribution is -0.144. The molecule has 0 saturated carbocycles. The van der Waals surface area contributed by atoms with Crippen molar-refractivity contribution in [3.8, 4) is 6.07 Å². The number of hydrogen-bond acceptors (Lipinski definition) is 5. The first-order chi connectivity index (χ1) is 11.0. The van der Waals surface area contributed by atoms with Crippen molar-refractivity contribution < 1.29 is 9.53 Å². The Bertz CT molecular complexity index is 770. The van der Waals surface area contributed by atoms with Gasteiger partial charge in [-0.3, -0.25) is 4.79 Å². The smallest absolute Gasteiger partial charge is 0.310 e. The molecule has 23 heavy (non-hydrogen) atoms. The second kappa shape index (κ2) is 7.30. The van der Waals surface area contributed by atoms with Crippen LogP contribution in [0.5, 0.6) is 0 Å². The van der Waals surface area contributed by atoms with Crippen LogP contribution in [-0.2, 0) is 9.53 Å². The lowest BCUT2D eigenvalue weighted by Crippen LogP contribution is -2.33. The van der Waals surface area contributed by atoms with E-state index in [-0.39, 0.29) is 11.9 Å². The summed E-state index contributed by atoms with van der Waals surface area (Å²) in [6.45, 7) is 4.92. The van der Waals surface area contributed by atoms with E-state index >= 15 is 0 Å². The van der Waals surface area contributed by atoms with Gasteiger partial charge >= 0.3 is 5.97 Å². The molecular formula is C17H18ClN3O2. The van der Waals surface area contributed by atoms with Crippen molar-refractivity contribution in [3.05, 3.63) is 34.9 Å². The molecule has 1 aromatic heterocycles. The van der Waals surface area contributed by atoms with Crippen molar-refractivity contribution in [2.75, 3.05) is 25.1 Å². The molecule has 1 atom stereocenters.